The maximum atomic E-state index is 9.61. The molecule has 1 atom stereocenters. The summed E-state index contributed by atoms with van der Waals surface area (Å²) in [4.78, 5) is 0. The monoisotopic (exact) mass is 270 g/mol. The van der Waals surface area contributed by atoms with Gasteiger partial charge in [-0.25, -0.2) is 0 Å². The highest BCUT2D eigenvalue weighted by Crippen LogP contribution is 2.19. The maximum absolute atomic E-state index is 9.61. The highest BCUT2D eigenvalue weighted by atomic mass is 16.5. The van der Waals surface area contributed by atoms with Crippen LogP contribution in [0, 0.1) is 12.8 Å². The Labute approximate surface area is 121 Å². The van der Waals surface area contributed by atoms with Gasteiger partial charge in [0, 0.05) is 6.61 Å². The maximum Gasteiger partial charge on any atom is 0.119 e. The standard InChI is InChI=1S/C18H22O2/c1-14-5-3-6-15(9-14)10-17(13-19)11-16-7-4-8-18(12-16)20-2/h3-9,12,17,19H,10-11,13H2,1-2H3. The fraction of sp³-hybridized carbons (Fsp3) is 0.333. The van der Waals surface area contributed by atoms with E-state index in [1.807, 2.05) is 18.2 Å². The zero-order valence-corrected chi connectivity index (χ0v) is 12.2. The molecule has 0 aliphatic rings. The quantitative estimate of drug-likeness (QED) is 0.871. The molecule has 2 rings (SSSR count). The molecule has 0 amide bonds. The number of methoxy groups -OCH3 is 1. The van der Waals surface area contributed by atoms with Crippen LogP contribution in [0.3, 0.4) is 0 Å². The second-order valence-electron chi connectivity index (χ2n) is 5.30. The van der Waals surface area contributed by atoms with Crippen molar-refractivity contribution in [2.45, 2.75) is 19.8 Å². The highest BCUT2D eigenvalue weighted by Gasteiger charge is 2.10. The van der Waals surface area contributed by atoms with Crippen LogP contribution in [0.25, 0.3) is 0 Å². The Morgan fingerprint density at radius 3 is 2.25 bits per heavy atom. The summed E-state index contributed by atoms with van der Waals surface area (Å²) in [7, 11) is 1.68. The largest absolute Gasteiger partial charge is 0.497 e. The molecule has 0 aliphatic carbocycles. The van der Waals surface area contributed by atoms with E-state index < -0.39 is 0 Å². The van der Waals surface area contributed by atoms with Crippen molar-refractivity contribution in [3.63, 3.8) is 0 Å². The van der Waals surface area contributed by atoms with Gasteiger partial charge in [0.1, 0.15) is 5.75 Å². The molecule has 2 heteroatoms. The van der Waals surface area contributed by atoms with Crippen molar-refractivity contribution in [2.75, 3.05) is 13.7 Å². The van der Waals surface area contributed by atoms with Crippen LogP contribution in [0.1, 0.15) is 16.7 Å². The Balaban J connectivity index is 2.05. The summed E-state index contributed by atoms with van der Waals surface area (Å²) in [5.41, 5.74) is 3.75. The zero-order chi connectivity index (χ0) is 14.4. The smallest absolute Gasteiger partial charge is 0.119 e. The predicted molar refractivity (Wildman–Crippen MR) is 82.2 cm³/mol. The van der Waals surface area contributed by atoms with Gasteiger partial charge in [-0.2, -0.15) is 0 Å². The lowest BCUT2D eigenvalue weighted by molar-refractivity contribution is 0.225. The number of aliphatic hydroxyl groups is 1. The summed E-state index contributed by atoms with van der Waals surface area (Å²) < 4.78 is 5.24. The highest BCUT2D eigenvalue weighted by molar-refractivity contribution is 5.29. The Hall–Kier alpha value is -1.80. The third-order valence-corrected chi connectivity index (χ3v) is 3.52. The van der Waals surface area contributed by atoms with Gasteiger partial charge in [0.15, 0.2) is 0 Å². The molecule has 2 aromatic carbocycles. The summed E-state index contributed by atoms with van der Waals surface area (Å²) in [6, 6.07) is 16.5. The second-order valence-corrected chi connectivity index (χ2v) is 5.30. The van der Waals surface area contributed by atoms with Gasteiger partial charge in [-0.05, 0) is 48.9 Å². The molecule has 0 saturated carbocycles. The average molecular weight is 270 g/mol. The minimum absolute atomic E-state index is 0.200. The van der Waals surface area contributed by atoms with Crippen molar-refractivity contribution in [1.82, 2.24) is 0 Å². The van der Waals surface area contributed by atoms with E-state index in [0.29, 0.717) is 0 Å². The fourth-order valence-corrected chi connectivity index (χ4v) is 2.51. The van der Waals surface area contributed by atoms with E-state index in [1.165, 1.54) is 16.7 Å². The molecule has 0 heterocycles. The first-order chi connectivity index (χ1) is 9.71. The van der Waals surface area contributed by atoms with Gasteiger partial charge in [-0.3, -0.25) is 0 Å². The molecule has 0 aromatic heterocycles. The van der Waals surface area contributed by atoms with Gasteiger partial charge < -0.3 is 9.84 Å². The molecule has 0 radical (unpaired) electrons. The van der Waals surface area contributed by atoms with Crippen LogP contribution in [-0.4, -0.2) is 18.8 Å². The zero-order valence-electron chi connectivity index (χ0n) is 12.2. The van der Waals surface area contributed by atoms with Crippen molar-refractivity contribution < 1.29 is 9.84 Å². The van der Waals surface area contributed by atoms with Gasteiger partial charge in [0.05, 0.1) is 7.11 Å². The van der Waals surface area contributed by atoms with E-state index in [1.54, 1.807) is 7.11 Å². The van der Waals surface area contributed by atoms with Crippen LogP contribution in [0.15, 0.2) is 48.5 Å². The molecular formula is C18H22O2. The summed E-state index contributed by atoms with van der Waals surface area (Å²) in [5, 5.41) is 9.61. The molecule has 1 unspecified atom stereocenters. The molecule has 0 fully saturated rings. The molecule has 0 bridgehead atoms. The van der Waals surface area contributed by atoms with Crippen LogP contribution < -0.4 is 4.74 Å². The average Bonchev–Trinajstić information content (AvgIpc) is 2.47. The minimum atomic E-state index is 0.200. The number of rotatable bonds is 6. The van der Waals surface area contributed by atoms with Gasteiger partial charge >= 0.3 is 0 Å². The first-order valence-electron chi connectivity index (χ1n) is 7.00. The molecule has 0 spiro atoms. The molecule has 0 saturated heterocycles. The summed E-state index contributed by atoms with van der Waals surface area (Å²) >= 11 is 0. The number of hydrogen-bond donors (Lipinski definition) is 1. The van der Waals surface area contributed by atoms with Crippen molar-refractivity contribution >= 4 is 0 Å². The Morgan fingerprint density at radius 1 is 1.00 bits per heavy atom. The third-order valence-electron chi connectivity index (χ3n) is 3.52. The van der Waals surface area contributed by atoms with E-state index in [2.05, 4.69) is 37.3 Å². The van der Waals surface area contributed by atoms with Gasteiger partial charge in [0.25, 0.3) is 0 Å². The van der Waals surface area contributed by atoms with Crippen LogP contribution in [0.5, 0.6) is 5.75 Å². The predicted octanol–water partition coefficient (Wildman–Crippen LogP) is 3.40. The van der Waals surface area contributed by atoms with E-state index in [9.17, 15) is 5.11 Å². The van der Waals surface area contributed by atoms with E-state index >= 15 is 0 Å². The topological polar surface area (TPSA) is 29.5 Å². The SMILES string of the molecule is COc1cccc(CC(CO)Cc2cccc(C)c2)c1. The van der Waals surface area contributed by atoms with E-state index in [-0.39, 0.29) is 12.5 Å². The van der Waals surface area contributed by atoms with E-state index in [4.69, 9.17) is 4.74 Å². The fourth-order valence-electron chi connectivity index (χ4n) is 2.51. The Morgan fingerprint density at radius 2 is 1.65 bits per heavy atom. The van der Waals surface area contributed by atoms with Gasteiger partial charge in [0.2, 0.25) is 0 Å². The van der Waals surface area contributed by atoms with Crippen molar-refractivity contribution in [3.8, 4) is 5.75 Å². The number of aryl methyl sites for hydroxylation is 1. The van der Waals surface area contributed by atoms with Crippen LogP contribution in [-0.2, 0) is 12.8 Å². The van der Waals surface area contributed by atoms with Crippen molar-refractivity contribution in [3.05, 3.63) is 65.2 Å². The summed E-state index contributed by atoms with van der Waals surface area (Å²) in [6.45, 7) is 2.30. The summed E-state index contributed by atoms with van der Waals surface area (Å²) in [5.74, 6) is 1.11. The molecule has 2 nitrogen and oxygen atoms in total. The Kier molecular flexibility index (Phi) is 5.19. The first kappa shape index (κ1) is 14.6. The summed E-state index contributed by atoms with van der Waals surface area (Å²) in [6.07, 6.45) is 1.76. The number of benzene rings is 2. The van der Waals surface area contributed by atoms with Crippen LogP contribution in [0.2, 0.25) is 0 Å². The molecule has 1 N–H and O–H groups in total. The lowest BCUT2D eigenvalue weighted by atomic mass is 9.92. The Bertz CT molecular complexity index is 549. The van der Waals surface area contributed by atoms with Crippen molar-refractivity contribution in [2.24, 2.45) is 5.92 Å². The molecule has 2 aromatic rings. The lowest BCUT2D eigenvalue weighted by Crippen LogP contribution is -2.13. The van der Waals surface area contributed by atoms with E-state index in [0.717, 1.165) is 18.6 Å². The molecule has 20 heavy (non-hydrogen) atoms. The normalized spacial score (nSPS) is 12.2. The molecular weight excluding hydrogens is 248 g/mol. The first-order valence-corrected chi connectivity index (χ1v) is 7.00. The lowest BCUT2D eigenvalue weighted by Gasteiger charge is -2.15. The molecule has 0 aliphatic heterocycles. The van der Waals surface area contributed by atoms with Gasteiger partial charge in [-0.15, -0.1) is 0 Å². The van der Waals surface area contributed by atoms with Crippen LogP contribution in [0.4, 0.5) is 0 Å². The number of aliphatic hydroxyl groups excluding tert-OH is 1. The minimum Gasteiger partial charge on any atom is -0.497 e. The van der Waals surface area contributed by atoms with Crippen LogP contribution >= 0.6 is 0 Å². The second kappa shape index (κ2) is 7.11. The van der Waals surface area contributed by atoms with Gasteiger partial charge in [-0.1, -0.05) is 42.0 Å². The molecule has 106 valence electrons. The number of hydrogen-bond acceptors (Lipinski definition) is 2. The third kappa shape index (κ3) is 4.10. The number of ether oxygens (including phenoxy) is 1. The van der Waals surface area contributed by atoms with Crippen molar-refractivity contribution in [1.29, 1.82) is 0 Å².